The molecule has 0 aromatic heterocycles. The minimum absolute atomic E-state index is 0.350. The van der Waals surface area contributed by atoms with Crippen molar-refractivity contribution in [2.45, 2.75) is 32.2 Å². The number of hydrogen-bond acceptors (Lipinski definition) is 5. The third-order valence-electron chi connectivity index (χ3n) is 4.27. The molecule has 0 radical (unpaired) electrons. The topological polar surface area (TPSA) is 92.8 Å². The lowest BCUT2D eigenvalue weighted by Gasteiger charge is -2.22. The molecule has 134 valence electrons. The first kappa shape index (κ1) is 18.9. The van der Waals surface area contributed by atoms with Crippen molar-refractivity contribution in [2.24, 2.45) is 0 Å². The summed E-state index contributed by atoms with van der Waals surface area (Å²) in [6, 6.07) is 5.52. The molecule has 8 heteroatoms. The Morgan fingerprint density at radius 2 is 1.76 bits per heavy atom. The second-order valence-corrected chi connectivity index (χ2v) is 6.14. The number of ketones is 1. The molecule has 1 aromatic carbocycles. The number of halogens is 1. The normalized spacial score (nSPS) is 15.9. The summed E-state index contributed by atoms with van der Waals surface area (Å²) in [5.74, 6) is -1.68. The van der Waals surface area contributed by atoms with E-state index in [1.54, 1.807) is 26.0 Å². The molecule has 0 aliphatic carbocycles. The number of esters is 1. The van der Waals surface area contributed by atoms with E-state index in [2.05, 4.69) is 5.32 Å². The van der Waals surface area contributed by atoms with E-state index in [1.165, 1.54) is 12.1 Å². The average molecular weight is 367 g/mol. The minimum atomic E-state index is -0.976. The fourth-order valence-electron chi connectivity index (χ4n) is 2.59. The highest BCUT2D eigenvalue weighted by molar-refractivity contribution is 6.30. The summed E-state index contributed by atoms with van der Waals surface area (Å²) >= 11 is 5.74. The first-order valence-electron chi connectivity index (χ1n) is 7.91. The van der Waals surface area contributed by atoms with Crippen molar-refractivity contribution in [1.29, 1.82) is 0 Å². The van der Waals surface area contributed by atoms with Crippen LogP contribution in [0.25, 0.3) is 0 Å². The molecule has 1 saturated heterocycles. The number of hydrogen-bond donors (Lipinski definition) is 1. The molecule has 0 saturated carbocycles. The highest BCUT2D eigenvalue weighted by Crippen LogP contribution is 2.24. The number of urea groups is 1. The number of amides is 3. The van der Waals surface area contributed by atoms with Crippen LogP contribution in [0.1, 0.15) is 37.0 Å². The summed E-state index contributed by atoms with van der Waals surface area (Å²) < 4.78 is 4.89. The number of nitrogens with one attached hydrogen (secondary N) is 1. The minimum Gasteiger partial charge on any atom is -0.456 e. The predicted molar refractivity (Wildman–Crippen MR) is 90.3 cm³/mol. The molecule has 0 spiro atoms. The van der Waals surface area contributed by atoms with Gasteiger partial charge in [0.25, 0.3) is 5.91 Å². The van der Waals surface area contributed by atoms with Crippen LogP contribution in [0.15, 0.2) is 24.3 Å². The lowest BCUT2D eigenvalue weighted by Crippen LogP contribution is -2.46. The summed E-state index contributed by atoms with van der Waals surface area (Å²) in [6.45, 7) is 2.57. The Kier molecular flexibility index (Phi) is 5.79. The van der Waals surface area contributed by atoms with Gasteiger partial charge in [0.2, 0.25) is 0 Å². The molecular weight excluding hydrogens is 348 g/mol. The van der Waals surface area contributed by atoms with E-state index in [4.69, 9.17) is 16.3 Å². The molecule has 1 heterocycles. The van der Waals surface area contributed by atoms with Gasteiger partial charge in [-0.3, -0.25) is 19.3 Å². The van der Waals surface area contributed by atoms with E-state index in [0.717, 1.165) is 4.90 Å². The van der Waals surface area contributed by atoms with E-state index in [-0.39, 0.29) is 0 Å². The summed E-state index contributed by atoms with van der Waals surface area (Å²) in [6.07, 6.45) is 0.851. The van der Waals surface area contributed by atoms with Gasteiger partial charge >= 0.3 is 12.0 Å². The molecule has 25 heavy (non-hydrogen) atoms. The highest BCUT2D eigenvalue weighted by Gasteiger charge is 2.49. The third-order valence-corrected chi connectivity index (χ3v) is 4.52. The summed E-state index contributed by atoms with van der Waals surface area (Å²) in [4.78, 5) is 49.0. The maximum Gasteiger partial charge on any atom is 0.326 e. The van der Waals surface area contributed by atoms with Crippen molar-refractivity contribution >= 4 is 35.3 Å². The number of ether oxygens (including phenoxy) is 1. The van der Waals surface area contributed by atoms with Gasteiger partial charge in [-0.05, 0) is 37.1 Å². The number of nitrogens with zero attached hydrogens (tertiary/aromatic N) is 1. The van der Waals surface area contributed by atoms with E-state index >= 15 is 0 Å². The standard InChI is InChI=1S/C17H19ClN2O5/c1-3-17(4-2)15(23)20(16(24)19-17)9-14(22)25-10-13(21)11-5-7-12(18)8-6-11/h5-8H,3-4,9-10H2,1-2H3,(H,19,24). The molecule has 3 amide bonds. The molecule has 1 aliphatic heterocycles. The smallest absolute Gasteiger partial charge is 0.326 e. The third kappa shape index (κ3) is 3.99. The summed E-state index contributed by atoms with van der Waals surface area (Å²) in [7, 11) is 0. The molecule has 2 rings (SSSR count). The first-order chi connectivity index (χ1) is 11.8. The van der Waals surface area contributed by atoms with Crippen LogP contribution >= 0.6 is 11.6 Å². The maximum atomic E-state index is 12.4. The zero-order chi connectivity index (χ0) is 18.6. The van der Waals surface area contributed by atoms with Crippen LogP contribution in [0.5, 0.6) is 0 Å². The van der Waals surface area contributed by atoms with E-state index in [0.29, 0.717) is 23.4 Å². The zero-order valence-electron chi connectivity index (χ0n) is 14.0. The van der Waals surface area contributed by atoms with Gasteiger partial charge in [0.05, 0.1) is 0 Å². The molecule has 0 atom stereocenters. The lowest BCUT2D eigenvalue weighted by molar-refractivity contribution is -0.146. The van der Waals surface area contributed by atoms with Crippen LogP contribution in [0.2, 0.25) is 5.02 Å². The number of rotatable bonds is 7. The molecule has 1 N–H and O–H groups in total. The molecule has 1 aliphatic rings. The number of imide groups is 1. The van der Waals surface area contributed by atoms with E-state index < -0.39 is 42.4 Å². The van der Waals surface area contributed by atoms with Gasteiger partial charge in [0.15, 0.2) is 12.4 Å². The number of carbonyl (C=O) groups excluding carboxylic acids is 4. The number of Topliss-reactive ketones (excluding diaryl/α,β-unsaturated/α-hetero) is 1. The molecule has 1 aromatic rings. The second kappa shape index (κ2) is 7.65. The van der Waals surface area contributed by atoms with E-state index in [9.17, 15) is 19.2 Å². The van der Waals surface area contributed by atoms with Crippen LogP contribution < -0.4 is 5.32 Å². The predicted octanol–water partition coefficient (Wildman–Crippen LogP) is 2.18. The summed E-state index contributed by atoms with van der Waals surface area (Å²) in [5, 5.41) is 3.11. The van der Waals surface area contributed by atoms with Gasteiger partial charge < -0.3 is 10.1 Å². The molecule has 1 fully saturated rings. The Balaban J connectivity index is 1.92. The van der Waals surface area contributed by atoms with E-state index in [1.807, 2.05) is 0 Å². The quantitative estimate of drug-likeness (QED) is 0.453. The number of carbonyl (C=O) groups is 4. The van der Waals surface area contributed by atoms with Gasteiger partial charge in [-0.1, -0.05) is 25.4 Å². The van der Waals surface area contributed by atoms with Gasteiger partial charge in [-0.15, -0.1) is 0 Å². The fraction of sp³-hybridized carbons (Fsp3) is 0.412. The zero-order valence-corrected chi connectivity index (χ0v) is 14.8. The lowest BCUT2D eigenvalue weighted by atomic mass is 9.93. The van der Waals surface area contributed by atoms with Gasteiger partial charge in [0, 0.05) is 10.6 Å². The molecular formula is C17H19ClN2O5. The largest absolute Gasteiger partial charge is 0.456 e. The molecule has 7 nitrogen and oxygen atoms in total. The number of benzene rings is 1. The first-order valence-corrected chi connectivity index (χ1v) is 8.29. The van der Waals surface area contributed by atoms with Gasteiger partial charge in [-0.25, -0.2) is 4.79 Å². The second-order valence-electron chi connectivity index (χ2n) is 5.70. The SMILES string of the molecule is CCC1(CC)NC(=O)N(CC(=O)OCC(=O)c2ccc(Cl)cc2)C1=O. The van der Waals surface area contributed by atoms with Crippen molar-refractivity contribution in [3.05, 3.63) is 34.9 Å². The Hall–Kier alpha value is -2.41. The maximum absolute atomic E-state index is 12.4. The Bertz CT molecular complexity index is 697. The van der Waals surface area contributed by atoms with Crippen molar-refractivity contribution < 1.29 is 23.9 Å². The van der Waals surface area contributed by atoms with Crippen LogP contribution in [0, 0.1) is 0 Å². The Morgan fingerprint density at radius 1 is 1.16 bits per heavy atom. The van der Waals surface area contributed by atoms with Gasteiger partial charge in [0.1, 0.15) is 12.1 Å². The molecule has 0 unspecified atom stereocenters. The Morgan fingerprint density at radius 3 is 2.28 bits per heavy atom. The van der Waals surface area contributed by atoms with Crippen LogP contribution in [-0.4, -0.2) is 47.3 Å². The summed E-state index contributed by atoms with van der Waals surface area (Å²) in [5.41, 5.74) is -0.626. The molecule has 0 bridgehead atoms. The van der Waals surface area contributed by atoms with Crippen molar-refractivity contribution in [3.8, 4) is 0 Å². The monoisotopic (exact) mass is 366 g/mol. The fourth-order valence-corrected chi connectivity index (χ4v) is 2.71. The van der Waals surface area contributed by atoms with Gasteiger partial charge in [-0.2, -0.15) is 0 Å². The van der Waals surface area contributed by atoms with Crippen LogP contribution in [-0.2, 0) is 14.3 Å². The Labute approximate surface area is 150 Å². The average Bonchev–Trinajstić information content (AvgIpc) is 2.85. The van der Waals surface area contributed by atoms with Crippen molar-refractivity contribution in [3.63, 3.8) is 0 Å². The van der Waals surface area contributed by atoms with Crippen molar-refractivity contribution in [1.82, 2.24) is 10.2 Å². The van der Waals surface area contributed by atoms with Crippen molar-refractivity contribution in [2.75, 3.05) is 13.2 Å². The van der Waals surface area contributed by atoms with Crippen LogP contribution in [0.4, 0.5) is 4.79 Å². The van der Waals surface area contributed by atoms with Crippen LogP contribution in [0.3, 0.4) is 0 Å². The highest BCUT2D eigenvalue weighted by atomic mass is 35.5.